The number of rotatable bonds is 7. The molecule has 1 rings (SSSR count). The summed E-state index contributed by atoms with van der Waals surface area (Å²) in [7, 11) is 1.65. The Hall–Kier alpha value is -1.42. The van der Waals surface area contributed by atoms with Crippen molar-refractivity contribution in [3.63, 3.8) is 0 Å². The molecule has 1 aromatic rings. The van der Waals surface area contributed by atoms with Gasteiger partial charge in [0.15, 0.2) is 11.5 Å². The van der Waals surface area contributed by atoms with Crippen LogP contribution in [0.1, 0.15) is 26.3 Å². The summed E-state index contributed by atoms with van der Waals surface area (Å²) in [6.45, 7) is 7.05. The summed E-state index contributed by atoms with van der Waals surface area (Å²) in [6.07, 6.45) is 0.746. The van der Waals surface area contributed by atoms with Gasteiger partial charge in [0.1, 0.15) is 5.75 Å². The molecule has 4 heteroatoms. The van der Waals surface area contributed by atoms with Crippen molar-refractivity contribution in [1.82, 2.24) is 0 Å². The quantitative estimate of drug-likeness (QED) is 0.810. The summed E-state index contributed by atoms with van der Waals surface area (Å²) in [5.74, 6) is 2.25. The Morgan fingerprint density at radius 3 is 2.06 bits per heavy atom. The molecular formula is C14H23NO3. The molecule has 2 N–H and O–H groups in total. The molecule has 0 heterocycles. The summed E-state index contributed by atoms with van der Waals surface area (Å²) < 4.78 is 16.5. The lowest BCUT2D eigenvalue weighted by atomic mass is 10.1. The zero-order chi connectivity index (χ0) is 13.5. The van der Waals surface area contributed by atoms with Crippen molar-refractivity contribution >= 4 is 0 Å². The van der Waals surface area contributed by atoms with Gasteiger partial charge in [-0.2, -0.15) is 0 Å². The fourth-order valence-corrected chi connectivity index (χ4v) is 1.82. The lowest BCUT2D eigenvalue weighted by Crippen LogP contribution is -2.18. The molecule has 0 aromatic heterocycles. The van der Waals surface area contributed by atoms with Crippen LogP contribution in [0.4, 0.5) is 0 Å². The highest BCUT2D eigenvalue weighted by Gasteiger charge is 2.13. The van der Waals surface area contributed by atoms with E-state index in [4.69, 9.17) is 19.9 Å². The molecular weight excluding hydrogens is 230 g/mol. The van der Waals surface area contributed by atoms with Crippen LogP contribution < -0.4 is 19.9 Å². The van der Waals surface area contributed by atoms with Crippen LogP contribution in [0, 0.1) is 0 Å². The average molecular weight is 253 g/mol. The van der Waals surface area contributed by atoms with Gasteiger partial charge in [-0.25, -0.2) is 0 Å². The van der Waals surface area contributed by atoms with Gasteiger partial charge in [0, 0.05) is 12.1 Å². The van der Waals surface area contributed by atoms with Gasteiger partial charge in [0.25, 0.3) is 0 Å². The Morgan fingerprint density at radius 1 is 1.06 bits per heavy atom. The second-order valence-corrected chi connectivity index (χ2v) is 4.16. The van der Waals surface area contributed by atoms with E-state index >= 15 is 0 Å². The average Bonchev–Trinajstić information content (AvgIpc) is 2.32. The molecule has 0 bridgehead atoms. The minimum Gasteiger partial charge on any atom is -0.496 e. The minimum atomic E-state index is 0.0753. The lowest BCUT2D eigenvalue weighted by molar-refractivity contribution is 0.285. The van der Waals surface area contributed by atoms with E-state index in [1.807, 2.05) is 32.9 Å². The third-order valence-corrected chi connectivity index (χ3v) is 2.49. The van der Waals surface area contributed by atoms with Crippen LogP contribution in [-0.2, 0) is 6.42 Å². The van der Waals surface area contributed by atoms with Crippen molar-refractivity contribution in [2.75, 3.05) is 20.3 Å². The fourth-order valence-electron chi connectivity index (χ4n) is 1.82. The summed E-state index contributed by atoms with van der Waals surface area (Å²) in [5.41, 5.74) is 6.88. The molecule has 0 saturated carbocycles. The zero-order valence-electron chi connectivity index (χ0n) is 11.7. The standard InChI is InChI=1S/C14H23NO3/c1-5-17-13-8-11(7-10(3)15)12(16-4)9-14(13)18-6-2/h8-10H,5-7,15H2,1-4H3. The van der Waals surface area contributed by atoms with Crippen LogP contribution >= 0.6 is 0 Å². The molecule has 0 aliphatic heterocycles. The molecule has 4 nitrogen and oxygen atoms in total. The van der Waals surface area contributed by atoms with E-state index in [1.165, 1.54) is 0 Å². The maximum absolute atomic E-state index is 5.84. The van der Waals surface area contributed by atoms with E-state index in [9.17, 15) is 0 Å². The van der Waals surface area contributed by atoms with Crippen LogP contribution in [0.25, 0.3) is 0 Å². The van der Waals surface area contributed by atoms with Crippen molar-refractivity contribution < 1.29 is 14.2 Å². The van der Waals surface area contributed by atoms with Crippen molar-refractivity contribution in [3.8, 4) is 17.2 Å². The Balaban J connectivity index is 3.13. The number of methoxy groups -OCH3 is 1. The molecule has 0 spiro atoms. The van der Waals surface area contributed by atoms with Crippen molar-refractivity contribution in [2.24, 2.45) is 5.73 Å². The van der Waals surface area contributed by atoms with Gasteiger partial charge in [0.2, 0.25) is 0 Å². The van der Waals surface area contributed by atoms with E-state index < -0.39 is 0 Å². The minimum absolute atomic E-state index is 0.0753. The number of nitrogens with two attached hydrogens (primary N) is 1. The van der Waals surface area contributed by atoms with E-state index in [1.54, 1.807) is 7.11 Å². The van der Waals surface area contributed by atoms with Crippen LogP contribution in [0.2, 0.25) is 0 Å². The van der Waals surface area contributed by atoms with Crippen LogP contribution in [0.3, 0.4) is 0 Å². The molecule has 1 unspecified atom stereocenters. The first kappa shape index (κ1) is 14.6. The van der Waals surface area contributed by atoms with E-state index in [0.717, 1.165) is 23.5 Å². The summed E-state index contributed by atoms with van der Waals surface area (Å²) in [4.78, 5) is 0. The highest BCUT2D eigenvalue weighted by molar-refractivity contribution is 5.51. The largest absolute Gasteiger partial charge is 0.496 e. The topological polar surface area (TPSA) is 53.7 Å². The van der Waals surface area contributed by atoms with Crippen LogP contribution in [0.5, 0.6) is 17.2 Å². The predicted molar refractivity (Wildman–Crippen MR) is 72.7 cm³/mol. The van der Waals surface area contributed by atoms with E-state index in [2.05, 4.69) is 0 Å². The summed E-state index contributed by atoms with van der Waals surface area (Å²) in [5, 5.41) is 0. The number of ether oxygens (including phenoxy) is 3. The smallest absolute Gasteiger partial charge is 0.164 e. The zero-order valence-corrected chi connectivity index (χ0v) is 11.7. The Labute approximate surface area is 109 Å². The number of benzene rings is 1. The third kappa shape index (κ3) is 3.81. The van der Waals surface area contributed by atoms with Crippen LogP contribution in [-0.4, -0.2) is 26.4 Å². The summed E-state index contributed by atoms with van der Waals surface area (Å²) >= 11 is 0. The molecule has 1 aromatic carbocycles. The molecule has 0 radical (unpaired) electrons. The van der Waals surface area contributed by atoms with Gasteiger partial charge in [-0.15, -0.1) is 0 Å². The van der Waals surface area contributed by atoms with Crippen molar-refractivity contribution in [3.05, 3.63) is 17.7 Å². The van der Waals surface area contributed by atoms with Gasteiger partial charge in [-0.1, -0.05) is 0 Å². The normalized spacial score (nSPS) is 12.1. The lowest BCUT2D eigenvalue weighted by Gasteiger charge is -2.16. The second kappa shape index (κ2) is 7.11. The molecule has 102 valence electrons. The first-order chi connectivity index (χ1) is 8.62. The monoisotopic (exact) mass is 253 g/mol. The Kier molecular flexibility index (Phi) is 5.78. The molecule has 0 fully saturated rings. The molecule has 1 atom stereocenters. The van der Waals surface area contributed by atoms with Gasteiger partial charge < -0.3 is 19.9 Å². The third-order valence-electron chi connectivity index (χ3n) is 2.49. The second-order valence-electron chi connectivity index (χ2n) is 4.16. The summed E-state index contributed by atoms with van der Waals surface area (Å²) in [6, 6.07) is 3.90. The molecule has 18 heavy (non-hydrogen) atoms. The van der Waals surface area contributed by atoms with Crippen molar-refractivity contribution in [1.29, 1.82) is 0 Å². The fraction of sp³-hybridized carbons (Fsp3) is 0.571. The Morgan fingerprint density at radius 2 is 1.61 bits per heavy atom. The van der Waals surface area contributed by atoms with Gasteiger partial charge in [-0.05, 0) is 38.8 Å². The van der Waals surface area contributed by atoms with E-state index in [-0.39, 0.29) is 6.04 Å². The molecule has 0 aliphatic carbocycles. The van der Waals surface area contributed by atoms with Gasteiger partial charge in [-0.3, -0.25) is 0 Å². The molecule has 0 aliphatic rings. The first-order valence-electron chi connectivity index (χ1n) is 6.34. The van der Waals surface area contributed by atoms with Crippen molar-refractivity contribution in [2.45, 2.75) is 33.2 Å². The number of hydrogen-bond donors (Lipinski definition) is 1. The maximum atomic E-state index is 5.84. The highest BCUT2D eigenvalue weighted by atomic mass is 16.5. The van der Waals surface area contributed by atoms with Crippen LogP contribution in [0.15, 0.2) is 12.1 Å². The SMILES string of the molecule is CCOc1cc(CC(C)N)c(OC)cc1OCC. The first-order valence-corrected chi connectivity index (χ1v) is 6.34. The highest BCUT2D eigenvalue weighted by Crippen LogP contribution is 2.35. The van der Waals surface area contributed by atoms with Gasteiger partial charge >= 0.3 is 0 Å². The predicted octanol–water partition coefficient (Wildman–Crippen LogP) is 2.38. The maximum Gasteiger partial charge on any atom is 0.164 e. The number of hydrogen-bond acceptors (Lipinski definition) is 4. The Bertz CT molecular complexity index is 378. The molecule has 0 amide bonds. The van der Waals surface area contributed by atoms with Gasteiger partial charge in [0.05, 0.1) is 20.3 Å². The molecule has 0 saturated heterocycles. The van der Waals surface area contributed by atoms with E-state index in [0.29, 0.717) is 19.0 Å².